The van der Waals surface area contributed by atoms with E-state index in [1.54, 1.807) is 42.3 Å². The normalized spacial score (nSPS) is 11.9. The Balaban J connectivity index is 2.07. The van der Waals surface area contributed by atoms with Crippen molar-refractivity contribution in [3.63, 3.8) is 0 Å². The molecule has 1 atom stereocenters. The number of carbonyl (C=O) groups is 2. The number of rotatable bonds is 4. The molecule has 2 amide bonds. The molecule has 0 aromatic carbocycles. The summed E-state index contributed by atoms with van der Waals surface area (Å²) >= 11 is 0.960. The molecule has 20 heavy (non-hydrogen) atoms. The molecule has 3 N–H and O–H groups in total. The Kier molecular flexibility index (Phi) is 4.16. The van der Waals surface area contributed by atoms with Crippen LogP contribution in [0.1, 0.15) is 38.8 Å². The molecule has 0 aliphatic carbocycles. The third-order valence-electron chi connectivity index (χ3n) is 2.82. The maximum Gasteiger partial charge on any atom is 0.286 e. The van der Waals surface area contributed by atoms with Crippen molar-refractivity contribution < 1.29 is 14.8 Å². The summed E-state index contributed by atoms with van der Waals surface area (Å²) in [5.41, 5.74) is 2.65. The topological polar surface area (TPSA) is 96.2 Å². The average molecular weight is 294 g/mol. The van der Waals surface area contributed by atoms with E-state index < -0.39 is 5.91 Å². The van der Waals surface area contributed by atoms with Crippen molar-refractivity contribution in [1.29, 1.82) is 0 Å². The standard InChI is InChI=1S/C12H14N4O3S/c1-7(8-6-10(20-15-8)12(18)14-19)13-11(17)9-4-3-5-16(9)2/h3-7,19H,1-2H3,(H,13,17)(H,14,18)/t7-/m0/s1. The Labute approximate surface area is 119 Å². The van der Waals surface area contributed by atoms with Crippen LogP contribution in [0, 0.1) is 0 Å². The van der Waals surface area contributed by atoms with E-state index in [0.29, 0.717) is 11.4 Å². The van der Waals surface area contributed by atoms with E-state index in [-0.39, 0.29) is 16.8 Å². The van der Waals surface area contributed by atoms with E-state index in [2.05, 4.69) is 9.69 Å². The van der Waals surface area contributed by atoms with Gasteiger partial charge in [-0.2, -0.15) is 4.37 Å². The first kappa shape index (κ1) is 14.2. The molecule has 2 heterocycles. The summed E-state index contributed by atoms with van der Waals surface area (Å²) in [4.78, 5) is 23.5. The summed E-state index contributed by atoms with van der Waals surface area (Å²) in [7, 11) is 1.78. The van der Waals surface area contributed by atoms with E-state index in [0.717, 1.165) is 11.5 Å². The second-order valence-electron chi connectivity index (χ2n) is 4.26. The van der Waals surface area contributed by atoms with Gasteiger partial charge in [0.05, 0.1) is 11.7 Å². The van der Waals surface area contributed by atoms with Crippen molar-refractivity contribution in [1.82, 2.24) is 19.7 Å². The number of amides is 2. The van der Waals surface area contributed by atoms with Gasteiger partial charge in [-0.25, -0.2) is 5.48 Å². The molecule has 0 spiro atoms. The first-order valence-corrected chi connectivity index (χ1v) is 6.63. The van der Waals surface area contributed by atoms with Gasteiger partial charge >= 0.3 is 0 Å². The van der Waals surface area contributed by atoms with Crippen LogP contribution in [0.25, 0.3) is 0 Å². The fourth-order valence-corrected chi connectivity index (χ4v) is 2.41. The van der Waals surface area contributed by atoms with Gasteiger partial charge in [0.15, 0.2) is 0 Å². The van der Waals surface area contributed by atoms with Crippen molar-refractivity contribution in [3.05, 3.63) is 40.7 Å². The predicted molar refractivity (Wildman–Crippen MR) is 72.7 cm³/mol. The van der Waals surface area contributed by atoms with Gasteiger partial charge in [0, 0.05) is 13.2 Å². The largest absolute Gasteiger partial charge is 0.347 e. The fourth-order valence-electron chi connectivity index (χ4n) is 1.70. The van der Waals surface area contributed by atoms with Crippen LogP contribution in [0.4, 0.5) is 0 Å². The summed E-state index contributed by atoms with van der Waals surface area (Å²) in [5.74, 6) is -0.833. The van der Waals surface area contributed by atoms with Crippen molar-refractivity contribution in [2.24, 2.45) is 7.05 Å². The van der Waals surface area contributed by atoms with Gasteiger partial charge < -0.3 is 9.88 Å². The molecule has 7 nitrogen and oxygen atoms in total. The van der Waals surface area contributed by atoms with Gasteiger partial charge in [-0.3, -0.25) is 14.8 Å². The number of carbonyl (C=O) groups excluding carboxylic acids is 2. The molecule has 0 saturated carbocycles. The van der Waals surface area contributed by atoms with Crippen molar-refractivity contribution in [2.75, 3.05) is 0 Å². The Morgan fingerprint density at radius 2 is 2.20 bits per heavy atom. The second kappa shape index (κ2) is 5.85. The quantitative estimate of drug-likeness (QED) is 0.581. The van der Waals surface area contributed by atoms with E-state index in [9.17, 15) is 9.59 Å². The molecule has 2 aromatic heterocycles. The smallest absolute Gasteiger partial charge is 0.286 e. The monoisotopic (exact) mass is 294 g/mol. The molecule has 2 aromatic rings. The van der Waals surface area contributed by atoms with Crippen LogP contribution in [0.5, 0.6) is 0 Å². The summed E-state index contributed by atoms with van der Waals surface area (Å²) in [6.07, 6.45) is 1.78. The molecule has 106 valence electrons. The number of nitrogens with one attached hydrogen (secondary N) is 2. The lowest BCUT2D eigenvalue weighted by atomic mass is 10.2. The minimum Gasteiger partial charge on any atom is -0.347 e. The number of aromatic nitrogens is 2. The maximum atomic E-state index is 12.0. The number of hydrogen-bond acceptors (Lipinski definition) is 5. The molecule has 0 saturated heterocycles. The van der Waals surface area contributed by atoms with Gasteiger partial charge in [-0.15, -0.1) is 0 Å². The highest BCUT2D eigenvalue weighted by atomic mass is 32.1. The first-order valence-electron chi connectivity index (χ1n) is 5.86. The molecule has 2 rings (SSSR count). The van der Waals surface area contributed by atoms with Gasteiger partial charge in [0.2, 0.25) is 0 Å². The number of hydroxylamine groups is 1. The van der Waals surface area contributed by atoms with Crippen LogP contribution >= 0.6 is 11.5 Å². The molecule has 8 heteroatoms. The summed E-state index contributed by atoms with van der Waals surface area (Å²) in [5, 5.41) is 11.3. The zero-order chi connectivity index (χ0) is 14.7. The minimum atomic E-state index is -0.616. The molecule has 0 unspecified atom stereocenters. The van der Waals surface area contributed by atoms with Gasteiger partial charge in [0.1, 0.15) is 10.6 Å². The van der Waals surface area contributed by atoms with Gasteiger partial charge in [0.25, 0.3) is 11.8 Å². The highest BCUT2D eigenvalue weighted by Crippen LogP contribution is 2.17. The molecule has 0 fully saturated rings. The zero-order valence-electron chi connectivity index (χ0n) is 11.0. The lowest BCUT2D eigenvalue weighted by molar-refractivity contribution is 0.0711. The van der Waals surface area contributed by atoms with E-state index >= 15 is 0 Å². The number of hydrogen-bond donors (Lipinski definition) is 3. The van der Waals surface area contributed by atoms with Crippen molar-refractivity contribution >= 4 is 23.3 Å². The molecule has 0 aliphatic rings. The lowest BCUT2D eigenvalue weighted by Crippen LogP contribution is -2.28. The fraction of sp³-hybridized carbons (Fsp3) is 0.250. The van der Waals surface area contributed by atoms with Crippen LogP contribution in [-0.4, -0.2) is 26.0 Å². The van der Waals surface area contributed by atoms with Gasteiger partial charge in [-0.05, 0) is 36.7 Å². The van der Waals surface area contributed by atoms with Crippen LogP contribution in [0.2, 0.25) is 0 Å². The maximum absolute atomic E-state index is 12.0. The Morgan fingerprint density at radius 1 is 1.45 bits per heavy atom. The van der Waals surface area contributed by atoms with E-state index in [1.165, 1.54) is 6.07 Å². The lowest BCUT2D eigenvalue weighted by Gasteiger charge is -2.11. The molecular weight excluding hydrogens is 280 g/mol. The Hall–Kier alpha value is -2.19. The summed E-state index contributed by atoms with van der Waals surface area (Å²) < 4.78 is 5.81. The first-order chi connectivity index (χ1) is 9.52. The van der Waals surface area contributed by atoms with Crippen LogP contribution < -0.4 is 10.8 Å². The third-order valence-corrected chi connectivity index (χ3v) is 3.62. The minimum absolute atomic E-state index is 0.217. The van der Waals surface area contributed by atoms with Crippen LogP contribution in [0.15, 0.2) is 24.4 Å². The summed E-state index contributed by atoms with van der Waals surface area (Å²) in [6, 6.07) is 4.69. The van der Waals surface area contributed by atoms with Crippen LogP contribution in [0.3, 0.4) is 0 Å². The third kappa shape index (κ3) is 2.86. The number of nitrogens with zero attached hydrogens (tertiary/aromatic N) is 2. The van der Waals surface area contributed by atoms with Crippen molar-refractivity contribution in [2.45, 2.75) is 13.0 Å². The highest BCUT2D eigenvalue weighted by molar-refractivity contribution is 7.08. The molecule has 0 bridgehead atoms. The zero-order valence-corrected chi connectivity index (χ0v) is 11.8. The average Bonchev–Trinajstić information content (AvgIpc) is 3.06. The molecule has 0 radical (unpaired) electrons. The van der Waals surface area contributed by atoms with E-state index in [1.807, 2.05) is 0 Å². The molecule has 0 aliphatic heterocycles. The highest BCUT2D eigenvalue weighted by Gasteiger charge is 2.17. The molecular formula is C12H14N4O3S. The van der Waals surface area contributed by atoms with Gasteiger partial charge in [-0.1, -0.05) is 0 Å². The Morgan fingerprint density at radius 3 is 2.80 bits per heavy atom. The van der Waals surface area contributed by atoms with Crippen LogP contribution in [-0.2, 0) is 7.05 Å². The van der Waals surface area contributed by atoms with Crippen molar-refractivity contribution in [3.8, 4) is 0 Å². The summed E-state index contributed by atoms with van der Waals surface area (Å²) in [6.45, 7) is 1.77. The second-order valence-corrected chi connectivity index (χ2v) is 5.06. The van der Waals surface area contributed by atoms with E-state index in [4.69, 9.17) is 5.21 Å². The SMILES string of the molecule is C[C@H](NC(=O)c1cccn1C)c1cc(C(=O)NO)sn1. The predicted octanol–water partition coefficient (Wildman–Crippen LogP) is 1.09. The Bertz CT molecular complexity index is 634. The number of aryl methyl sites for hydroxylation is 1.